The van der Waals surface area contributed by atoms with E-state index < -0.39 is 36.9 Å². The number of unbranched alkanes of at least 4 members (excludes halogenated alkanes) is 50. The molecule has 0 saturated heterocycles. The minimum Gasteiger partial charge on any atom is -0.394 e. The topological polar surface area (TPSA) is 110 Å². The van der Waals surface area contributed by atoms with Crippen molar-refractivity contribution in [1.82, 2.24) is 5.32 Å². The Balaban J connectivity index is 3.54. The second kappa shape index (κ2) is 57.2. The lowest BCUT2D eigenvalue weighted by Crippen LogP contribution is -2.53. The molecular formula is C62H125NO5. The first-order valence-electron chi connectivity index (χ1n) is 31.4. The number of carbonyl (C=O) groups is 1. The Morgan fingerprint density at radius 3 is 0.706 bits per heavy atom. The Labute approximate surface area is 426 Å². The Kier molecular flexibility index (Phi) is 56.6. The maximum absolute atomic E-state index is 12.6. The van der Waals surface area contributed by atoms with Gasteiger partial charge in [-0.3, -0.25) is 4.79 Å². The van der Waals surface area contributed by atoms with E-state index in [0.717, 1.165) is 38.5 Å². The molecule has 0 fully saturated rings. The van der Waals surface area contributed by atoms with Gasteiger partial charge in [-0.15, -0.1) is 0 Å². The van der Waals surface area contributed by atoms with Gasteiger partial charge in [-0.1, -0.05) is 348 Å². The van der Waals surface area contributed by atoms with Crippen molar-refractivity contribution in [1.29, 1.82) is 0 Å². The molecule has 0 bridgehead atoms. The molecule has 0 rings (SSSR count). The van der Waals surface area contributed by atoms with Crippen molar-refractivity contribution < 1.29 is 25.2 Å². The molecule has 408 valence electrons. The predicted octanol–water partition coefficient (Wildman–Crippen LogP) is 18.7. The number of aliphatic hydroxyl groups excluding tert-OH is 4. The summed E-state index contributed by atoms with van der Waals surface area (Å²) in [7, 11) is 0. The highest BCUT2D eigenvalue weighted by atomic mass is 16.3. The van der Waals surface area contributed by atoms with Crippen LogP contribution in [0.5, 0.6) is 0 Å². The lowest BCUT2D eigenvalue weighted by atomic mass is 9.99. The average molecular weight is 965 g/mol. The highest BCUT2D eigenvalue weighted by molar-refractivity contribution is 5.80. The van der Waals surface area contributed by atoms with Gasteiger partial charge in [0.15, 0.2) is 0 Å². The molecule has 4 atom stereocenters. The van der Waals surface area contributed by atoms with Gasteiger partial charge < -0.3 is 25.7 Å². The summed E-state index contributed by atoms with van der Waals surface area (Å²) in [5, 5.41) is 44.2. The molecule has 0 spiro atoms. The number of hydrogen-bond donors (Lipinski definition) is 5. The van der Waals surface area contributed by atoms with E-state index in [1.165, 1.54) is 295 Å². The zero-order chi connectivity index (χ0) is 49.5. The lowest BCUT2D eigenvalue weighted by Gasteiger charge is -2.27. The smallest absolute Gasteiger partial charge is 0.249 e. The van der Waals surface area contributed by atoms with Crippen molar-refractivity contribution in [2.75, 3.05) is 6.61 Å². The van der Waals surface area contributed by atoms with Crippen LogP contribution in [-0.2, 0) is 4.79 Å². The van der Waals surface area contributed by atoms with E-state index in [0.29, 0.717) is 12.8 Å². The van der Waals surface area contributed by atoms with Gasteiger partial charge in [-0.25, -0.2) is 0 Å². The number of nitrogens with one attached hydrogen (secondary N) is 1. The van der Waals surface area contributed by atoms with Crippen LogP contribution in [-0.4, -0.2) is 57.3 Å². The third-order valence-corrected chi connectivity index (χ3v) is 15.3. The van der Waals surface area contributed by atoms with Crippen molar-refractivity contribution in [3.8, 4) is 0 Å². The van der Waals surface area contributed by atoms with Crippen LogP contribution < -0.4 is 5.32 Å². The molecule has 0 radical (unpaired) electrons. The lowest BCUT2D eigenvalue weighted by molar-refractivity contribution is -0.132. The first kappa shape index (κ1) is 67.3. The van der Waals surface area contributed by atoms with Gasteiger partial charge in [0.2, 0.25) is 5.91 Å². The zero-order valence-electron chi connectivity index (χ0n) is 46.4. The number of hydrogen-bond acceptors (Lipinski definition) is 5. The summed E-state index contributed by atoms with van der Waals surface area (Å²) in [6.45, 7) is 4.11. The normalized spacial score (nSPS) is 13.6. The summed E-state index contributed by atoms with van der Waals surface area (Å²) in [5.41, 5.74) is 0. The Morgan fingerprint density at radius 1 is 0.309 bits per heavy atom. The summed E-state index contributed by atoms with van der Waals surface area (Å²) >= 11 is 0. The van der Waals surface area contributed by atoms with E-state index >= 15 is 0 Å². The first-order valence-corrected chi connectivity index (χ1v) is 31.4. The minimum absolute atomic E-state index is 0.377. The van der Waals surface area contributed by atoms with E-state index in [4.69, 9.17) is 0 Å². The molecule has 1 amide bonds. The van der Waals surface area contributed by atoms with Crippen LogP contribution >= 0.6 is 0 Å². The molecule has 0 aromatic rings. The first-order chi connectivity index (χ1) is 33.5. The largest absolute Gasteiger partial charge is 0.394 e. The molecule has 0 heterocycles. The number of carbonyl (C=O) groups excluding carboxylic acids is 1. The van der Waals surface area contributed by atoms with Gasteiger partial charge in [-0.05, 0) is 12.8 Å². The SMILES string of the molecule is CCCCCCCCCCCCCCCCCCCCCCCCCCCCC(O)C(=O)NC(CO)C(O)C(O)CCCCCCCCCCCCCCCCCCCCCCCCCCCC. The van der Waals surface area contributed by atoms with Crippen molar-refractivity contribution in [3.63, 3.8) is 0 Å². The standard InChI is InChI=1S/C62H125NO5/c1-3-5-7-9-11-13-15-17-19-21-23-25-27-29-31-33-35-37-39-41-43-45-47-49-51-53-55-59(65)61(67)58(57-64)63-62(68)60(66)56-54-52-50-48-46-44-42-40-38-36-34-32-30-28-26-24-22-20-18-16-14-12-10-8-6-4-2/h58-61,64-67H,3-57H2,1-2H3,(H,63,68). The number of amides is 1. The van der Waals surface area contributed by atoms with E-state index in [-0.39, 0.29) is 0 Å². The highest BCUT2D eigenvalue weighted by Crippen LogP contribution is 2.19. The molecule has 0 aromatic heterocycles. The van der Waals surface area contributed by atoms with Crippen molar-refractivity contribution in [2.45, 2.75) is 385 Å². The van der Waals surface area contributed by atoms with Crippen LogP contribution in [0.1, 0.15) is 361 Å². The van der Waals surface area contributed by atoms with Crippen LogP contribution in [0, 0.1) is 0 Å². The van der Waals surface area contributed by atoms with Crippen molar-refractivity contribution in [2.24, 2.45) is 0 Å². The van der Waals surface area contributed by atoms with E-state index in [9.17, 15) is 25.2 Å². The van der Waals surface area contributed by atoms with E-state index in [1.807, 2.05) is 0 Å². The van der Waals surface area contributed by atoms with E-state index in [2.05, 4.69) is 19.2 Å². The van der Waals surface area contributed by atoms with Crippen LogP contribution in [0.4, 0.5) is 0 Å². The Morgan fingerprint density at radius 2 is 0.500 bits per heavy atom. The van der Waals surface area contributed by atoms with Crippen molar-refractivity contribution >= 4 is 5.91 Å². The van der Waals surface area contributed by atoms with Crippen LogP contribution in [0.3, 0.4) is 0 Å². The van der Waals surface area contributed by atoms with Gasteiger partial charge in [0.05, 0.1) is 18.8 Å². The summed E-state index contributed by atoms with van der Waals surface area (Å²) < 4.78 is 0. The van der Waals surface area contributed by atoms with Crippen LogP contribution in [0.25, 0.3) is 0 Å². The third kappa shape index (κ3) is 50.3. The molecule has 6 heteroatoms. The third-order valence-electron chi connectivity index (χ3n) is 15.3. The minimum atomic E-state index is -1.26. The van der Waals surface area contributed by atoms with Gasteiger partial charge in [0.1, 0.15) is 12.2 Å². The zero-order valence-corrected chi connectivity index (χ0v) is 46.4. The molecule has 0 aromatic carbocycles. The van der Waals surface area contributed by atoms with Crippen molar-refractivity contribution in [3.05, 3.63) is 0 Å². The molecule has 4 unspecified atom stereocenters. The quantitative estimate of drug-likeness (QED) is 0.0390. The fourth-order valence-corrected chi connectivity index (χ4v) is 10.4. The fraction of sp³-hybridized carbons (Fsp3) is 0.984. The second-order valence-corrected chi connectivity index (χ2v) is 22.1. The van der Waals surface area contributed by atoms with Gasteiger partial charge in [-0.2, -0.15) is 0 Å². The highest BCUT2D eigenvalue weighted by Gasteiger charge is 2.28. The molecule has 5 N–H and O–H groups in total. The maximum Gasteiger partial charge on any atom is 0.249 e. The van der Waals surface area contributed by atoms with Gasteiger partial charge in [0, 0.05) is 0 Å². The van der Waals surface area contributed by atoms with E-state index in [1.54, 1.807) is 0 Å². The summed E-state index contributed by atoms with van der Waals surface area (Å²) in [5.74, 6) is -0.574. The van der Waals surface area contributed by atoms with Gasteiger partial charge >= 0.3 is 0 Å². The molecule has 0 saturated carbocycles. The van der Waals surface area contributed by atoms with Crippen LogP contribution in [0.2, 0.25) is 0 Å². The molecule has 0 aliphatic carbocycles. The number of rotatable bonds is 59. The summed E-state index contributed by atoms with van der Waals surface area (Å²) in [4.78, 5) is 12.6. The summed E-state index contributed by atoms with van der Waals surface area (Å²) in [6, 6.07) is -0.981. The maximum atomic E-state index is 12.6. The monoisotopic (exact) mass is 964 g/mol. The predicted molar refractivity (Wildman–Crippen MR) is 298 cm³/mol. The van der Waals surface area contributed by atoms with Gasteiger partial charge in [0.25, 0.3) is 0 Å². The molecule has 0 aliphatic heterocycles. The molecule has 6 nitrogen and oxygen atoms in total. The summed E-state index contributed by atoms with van der Waals surface area (Å²) in [6.07, 6.45) is 67.7. The number of aliphatic hydroxyl groups is 4. The fourth-order valence-electron chi connectivity index (χ4n) is 10.4. The second-order valence-electron chi connectivity index (χ2n) is 22.1. The molecular weight excluding hydrogens is 839 g/mol. The molecule has 68 heavy (non-hydrogen) atoms. The Hall–Kier alpha value is -0.690. The van der Waals surface area contributed by atoms with Crippen LogP contribution in [0.15, 0.2) is 0 Å². The Bertz CT molecular complexity index is 948. The average Bonchev–Trinajstić information content (AvgIpc) is 3.34. The molecule has 0 aliphatic rings.